The first kappa shape index (κ1) is 13.1. The minimum Gasteiger partial charge on any atom is -0.383 e. The number of carbonyl (C=O) groups excluding carboxylic acids is 1. The summed E-state index contributed by atoms with van der Waals surface area (Å²) in [5.74, 6) is -0.941. The van der Waals surface area contributed by atoms with Crippen LogP contribution in [0.1, 0.15) is 15.9 Å². The molecule has 0 atom stereocenters. The van der Waals surface area contributed by atoms with Gasteiger partial charge >= 0.3 is 0 Å². The van der Waals surface area contributed by atoms with E-state index in [4.69, 9.17) is 4.74 Å². The van der Waals surface area contributed by atoms with Gasteiger partial charge in [-0.15, -0.1) is 0 Å². The average Bonchev–Trinajstić information content (AvgIpc) is 2.24. The molecule has 0 saturated heterocycles. The van der Waals surface area contributed by atoms with Crippen LogP contribution in [0.25, 0.3) is 0 Å². The van der Waals surface area contributed by atoms with E-state index >= 15 is 0 Å². The third-order valence-corrected chi connectivity index (χ3v) is 3.03. The van der Waals surface area contributed by atoms with Crippen LogP contribution in [0.4, 0.5) is 4.39 Å². The van der Waals surface area contributed by atoms with Crippen molar-refractivity contribution in [1.82, 2.24) is 5.32 Å². The number of halogens is 2. The molecule has 0 fully saturated rings. The summed E-state index contributed by atoms with van der Waals surface area (Å²) >= 11 is 3.26. The van der Waals surface area contributed by atoms with Gasteiger partial charge < -0.3 is 10.1 Å². The van der Waals surface area contributed by atoms with Crippen molar-refractivity contribution >= 4 is 21.8 Å². The van der Waals surface area contributed by atoms with Crippen molar-refractivity contribution in [3.8, 4) is 0 Å². The first-order valence-corrected chi connectivity index (χ1v) is 5.59. The van der Waals surface area contributed by atoms with Crippen molar-refractivity contribution in [1.29, 1.82) is 0 Å². The van der Waals surface area contributed by atoms with E-state index in [0.717, 1.165) is 0 Å². The fourth-order valence-electron chi connectivity index (χ4n) is 1.29. The van der Waals surface area contributed by atoms with Gasteiger partial charge in [-0.3, -0.25) is 4.79 Å². The van der Waals surface area contributed by atoms with E-state index in [1.165, 1.54) is 13.2 Å². The zero-order chi connectivity index (χ0) is 12.1. The second kappa shape index (κ2) is 5.96. The van der Waals surface area contributed by atoms with Crippen LogP contribution in [-0.4, -0.2) is 26.2 Å². The average molecular weight is 290 g/mol. The van der Waals surface area contributed by atoms with Crippen LogP contribution in [-0.2, 0) is 4.74 Å². The molecule has 0 aliphatic carbocycles. The highest BCUT2D eigenvalue weighted by molar-refractivity contribution is 9.10. The fourth-order valence-corrected chi connectivity index (χ4v) is 1.62. The Balaban J connectivity index is 2.86. The van der Waals surface area contributed by atoms with Gasteiger partial charge in [0.15, 0.2) is 0 Å². The Bertz CT molecular complexity index is 396. The Morgan fingerprint density at radius 3 is 2.88 bits per heavy atom. The summed E-state index contributed by atoms with van der Waals surface area (Å²) in [5.41, 5.74) is 0.667. The molecule has 1 aromatic rings. The highest BCUT2D eigenvalue weighted by Gasteiger charge is 2.15. The molecule has 0 heterocycles. The van der Waals surface area contributed by atoms with E-state index in [9.17, 15) is 9.18 Å². The van der Waals surface area contributed by atoms with E-state index in [2.05, 4.69) is 21.2 Å². The SMILES string of the molecule is COCCNC(=O)c1c(F)ccc(Br)c1C. The van der Waals surface area contributed by atoms with Crippen LogP contribution in [0, 0.1) is 12.7 Å². The van der Waals surface area contributed by atoms with Crippen molar-refractivity contribution in [3.05, 3.63) is 33.5 Å². The molecule has 0 unspecified atom stereocenters. The molecule has 0 saturated carbocycles. The Hall–Kier alpha value is -0.940. The van der Waals surface area contributed by atoms with Gasteiger partial charge in [0.2, 0.25) is 0 Å². The lowest BCUT2D eigenvalue weighted by Gasteiger charge is -2.09. The molecule has 1 N–H and O–H groups in total. The summed E-state index contributed by atoms with van der Waals surface area (Å²) in [5, 5.41) is 2.58. The molecule has 0 aliphatic rings. The number of hydrogen-bond acceptors (Lipinski definition) is 2. The minimum absolute atomic E-state index is 0.0745. The molecular weight excluding hydrogens is 277 g/mol. The third kappa shape index (κ3) is 3.02. The lowest BCUT2D eigenvalue weighted by molar-refractivity contribution is 0.0932. The minimum atomic E-state index is -0.518. The molecule has 0 aliphatic heterocycles. The molecule has 0 bridgehead atoms. The Morgan fingerprint density at radius 2 is 2.25 bits per heavy atom. The molecule has 1 rings (SSSR count). The summed E-state index contributed by atoms with van der Waals surface area (Å²) in [6, 6.07) is 2.85. The Kier molecular flexibility index (Phi) is 4.89. The third-order valence-electron chi connectivity index (χ3n) is 2.17. The second-order valence-corrected chi connectivity index (χ2v) is 4.13. The van der Waals surface area contributed by atoms with Crippen molar-refractivity contribution in [3.63, 3.8) is 0 Å². The number of carbonyl (C=O) groups is 1. The van der Waals surface area contributed by atoms with Gasteiger partial charge in [0.1, 0.15) is 5.82 Å². The van der Waals surface area contributed by atoms with E-state index in [1.54, 1.807) is 13.0 Å². The van der Waals surface area contributed by atoms with Gasteiger partial charge in [-0.2, -0.15) is 0 Å². The summed E-state index contributed by atoms with van der Waals surface area (Å²) < 4.78 is 19.0. The monoisotopic (exact) mass is 289 g/mol. The number of rotatable bonds is 4. The Labute approximate surface area is 102 Å². The second-order valence-electron chi connectivity index (χ2n) is 3.28. The van der Waals surface area contributed by atoms with Crippen LogP contribution in [0.15, 0.2) is 16.6 Å². The molecule has 1 aromatic carbocycles. The van der Waals surface area contributed by atoms with Crippen molar-refractivity contribution in [2.75, 3.05) is 20.3 Å². The normalized spacial score (nSPS) is 10.2. The van der Waals surface area contributed by atoms with Gasteiger partial charge in [0, 0.05) is 18.1 Å². The quantitative estimate of drug-likeness (QED) is 0.864. The van der Waals surface area contributed by atoms with Crippen LogP contribution in [0.2, 0.25) is 0 Å². The lowest BCUT2D eigenvalue weighted by Crippen LogP contribution is -2.28. The topological polar surface area (TPSA) is 38.3 Å². The number of hydrogen-bond donors (Lipinski definition) is 1. The van der Waals surface area contributed by atoms with Crippen molar-refractivity contribution in [2.45, 2.75) is 6.92 Å². The number of nitrogens with one attached hydrogen (secondary N) is 1. The molecule has 0 aromatic heterocycles. The standard InChI is InChI=1S/C11H13BrFNO2/c1-7-8(12)3-4-9(13)10(7)11(15)14-5-6-16-2/h3-4H,5-6H2,1-2H3,(H,14,15). The summed E-state index contributed by atoms with van der Waals surface area (Å²) in [7, 11) is 1.54. The number of methoxy groups -OCH3 is 1. The smallest absolute Gasteiger partial charge is 0.254 e. The van der Waals surface area contributed by atoms with Gasteiger partial charge in [-0.1, -0.05) is 15.9 Å². The van der Waals surface area contributed by atoms with Crippen LogP contribution < -0.4 is 5.32 Å². The summed E-state index contributed by atoms with van der Waals surface area (Å²) in [6.07, 6.45) is 0. The first-order valence-electron chi connectivity index (χ1n) is 4.79. The maximum Gasteiger partial charge on any atom is 0.254 e. The number of ether oxygens (including phenoxy) is 1. The molecular formula is C11H13BrFNO2. The number of benzene rings is 1. The van der Waals surface area contributed by atoms with Crippen LogP contribution >= 0.6 is 15.9 Å². The van der Waals surface area contributed by atoms with Gasteiger partial charge in [0.25, 0.3) is 5.91 Å². The summed E-state index contributed by atoms with van der Waals surface area (Å²) in [6.45, 7) is 2.46. The van der Waals surface area contributed by atoms with Gasteiger partial charge in [0.05, 0.1) is 12.2 Å². The van der Waals surface area contributed by atoms with Gasteiger partial charge in [-0.25, -0.2) is 4.39 Å². The summed E-state index contributed by atoms with van der Waals surface area (Å²) in [4.78, 5) is 11.7. The molecule has 88 valence electrons. The highest BCUT2D eigenvalue weighted by Crippen LogP contribution is 2.22. The predicted molar refractivity (Wildman–Crippen MR) is 63.0 cm³/mol. The molecule has 0 spiro atoms. The van der Waals surface area contributed by atoms with E-state index in [0.29, 0.717) is 23.2 Å². The fraction of sp³-hybridized carbons (Fsp3) is 0.364. The number of amides is 1. The van der Waals surface area contributed by atoms with E-state index in [1.807, 2.05) is 0 Å². The zero-order valence-electron chi connectivity index (χ0n) is 9.14. The van der Waals surface area contributed by atoms with Crippen molar-refractivity contribution < 1.29 is 13.9 Å². The molecule has 3 nitrogen and oxygen atoms in total. The zero-order valence-corrected chi connectivity index (χ0v) is 10.7. The van der Waals surface area contributed by atoms with Crippen molar-refractivity contribution in [2.24, 2.45) is 0 Å². The molecule has 16 heavy (non-hydrogen) atoms. The highest BCUT2D eigenvalue weighted by atomic mass is 79.9. The molecule has 0 radical (unpaired) electrons. The first-order chi connectivity index (χ1) is 7.57. The van der Waals surface area contributed by atoms with Crippen LogP contribution in [0.5, 0.6) is 0 Å². The molecule has 5 heteroatoms. The van der Waals surface area contributed by atoms with E-state index in [-0.39, 0.29) is 5.56 Å². The van der Waals surface area contributed by atoms with Gasteiger partial charge in [-0.05, 0) is 24.6 Å². The van der Waals surface area contributed by atoms with Crippen LogP contribution in [0.3, 0.4) is 0 Å². The van der Waals surface area contributed by atoms with E-state index < -0.39 is 11.7 Å². The maximum atomic E-state index is 13.5. The predicted octanol–water partition coefficient (Wildman–Crippen LogP) is 2.27. The maximum absolute atomic E-state index is 13.5. The Morgan fingerprint density at radius 1 is 1.56 bits per heavy atom. The lowest BCUT2D eigenvalue weighted by atomic mass is 10.1. The largest absolute Gasteiger partial charge is 0.383 e. The molecule has 1 amide bonds.